The van der Waals surface area contributed by atoms with E-state index in [9.17, 15) is 0 Å². The van der Waals surface area contributed by atoms with Crippen LogP contribution in [0.1, 0.15) is 0 Å². The molecule has 0 saturated carbocycles. The first-order valence-electron chi connectivity index (χ1n) is 25.5. The van der Waals surface area contributed by atoms with E-state index in [-0.39, 0.29) is 0 Å². The number of hydrogen-bond acceptors (Lipinski definition) is 6. The third-order valence-corrected chi connectivity index (χ3v) is 14.7. The molecule has 1 aliphatic heterocycles. The molecule has 15 rings (SSSR count). The normalized spacial score (nSPS) is 11.9. The van der Waals surface area contributed by atoms with Crippen LogP contribution < -0.4 is 19.3 Å². The topological polar surface area (TPSA) is 51.2 Å². The molecule has 2 aromatic heterocycles. The second-order valence-electron chi connectivity index (χ2n) is 19.2. The number of anilines is 6. The van der Waals surface area contributed by atoms with Gasteiger partial charge in [-0.1, -0.05) is 170 Å². The number of fused-ring (bicyclic) bond motifs is 9. The number of furan rings is 2. The molecular formula is C70H44N2O4. The fourth-order valence-electron chi connectivity index (χ4n) is 11.2. The first kappa shape index (κ1) is 43.3. The molecule has 0 saturated heterocycles. The number of ether oxygens (including phenoxy) is 2. The van der Waals surface area contributed by atoms with Gasteiger partial charge in [-0.2, -0.15) is 0 Å². The van der Waals surface area contributed by atoms with Gasteiger partial charge in [0.15, 0.2) is 23.0 Å². The first-order chi connectivity index (χ1) is 37.7. The summed E-state index contributed by atoms with van der Waals surface area (Å²) in [4.78, 5) is 4.60. The zero-order valence-electron chi connectivity index (χ0n) is 40.9. The van der Waals surface area contributed by atoms with Crippen molar-refractivity contribution in [3.8, 4) is 56.4 Å². The predicted molar refractivity (Wildman–Crippen MR) is 311 cm³/mol. The summed E-state index contributed by atoms with van der Waals surface area (Å²) in [6, 6.07) is 93.1. The molecule has 0 atom stereocenters. The average Bonchev–Trinajstić information content (AvgIpc) is 4.13. The van der Waals surface area contributed by atoms with Crippen LogP contribution in [0.5, 0.6) is 23.0 Å². The van der Waals surface area contributed by atoms with Crippen LogP contribution in [-0.2, 0) is 0 Å². The van der Waals surface area contributed by atoms with Crippen molar-refractivity contribution in [2.24, 2.45) is 0 Å². The summed E-state index contributed by atoms with van der Waals surface area (Å²) in [6.45, 7) is 0. The molecule has 76 heavy (non-hydrogen) atoms. The van der Waals surface area contributed by atoms with Gasteiger partial charge in [0.25, 0.3) is 0 Å². The average molecular weight is 977 g/mol. The van der Waals surface area contributed by atoms with Gasteiger partial charge in [0.2, 0.25) is 0 Å². The number of nitrogens with zero attached hydrogens (tertiary/aromatic N) is 2. The van der Waals surface area contributed by atoms with Gasteiger partial charge in [0.1, 0.15) is 28.0 Å². The molecule has 0 unspecified atom stereocenters. The fourth-order valence-corrected chi connectivity index (χ4v) is 11.2. The Hall–Kier alpha value is -10.3. The Labute approximate surface area is 438 Å². The van der Waals surface area contributed by atoms with Crippen molar-refractivity contribution >= 4 is 88.8 Å². The van der Waals surface area contributed by atoms with Crippen LogP contribution in [0.25, 0.3) is 88.0 Å². The van der Waals surface area contributed by atoms with Crippen LogP contribution in [0, 0.1) is 0 Å². The summed E-state index contributed by atoms with van der Waals surface area (Å²) in [7, 11) is 0. The molecule has 6 nitrogen and oxygen atoms in total. The van der Waals surface area contributed by atoms with Crippen molar-refractivity contribution < 1.29 is 18.3 Å². The Kier molecular flexibility index (Phi) is 10.1. The molecule has 0 fully saturated rings. The molecule has 14 aromatic rings. The molecule has 12 aromatic carbocycles. The maximum absolute atomic E-state index is 7.23. The SMILES string of the molecule is c1ccc(-c2cccc(N(c3ccc(-c4c5c(c(N(c6cccc(-c7ccccc7)c6)c6ccc7c(c6)oc6ccccc67)c6ccccc46)Oc4ccccc4O5)cc3)c3ccc4c(c3)oc3ccccc34)c2)cc1. The van der Waals surface area contributed by atoms with Gasteiger partial charge in [-0.25, -0.2) is 0 Å². The number of rotatable bonds is 9. The standard InChI is InChI=1S/C70H44N2O4/c1-3-17-45(18-4-1)48-21-15-23-51(41-48)71(53-37-39-57-55-25-9-11-29-61(55)73-65(57)43-53)50-35-33-47(34-36-50)67-59-27-7-8-28-60(59)68(70-69(67)75-63-31-13-14-32-64(63)76-70)72(52-24-16-22-49(42-52)46-19-5-2-6-20-46)54-38-40-58-56-26-10-12-30-62(56)74-66(58)44-54/h1-44H. The van der Waals surface area contributed by atoms with E-state index in [1.165, 1.54) is 0 Å². The van der Waals surface area contributed by atoms with Gasteiger partial charge in [-0.3, -0.25) is 0 Å². The van der Waals surface area contributed by atoms with Crippen molar-refractivity contribution in [1.29, 1.82) is 0 Å². The van der Waals surface area contributed by atoms with Crippen molar-refractivity contribution in [3.05, 3.63) is 267 Å². The maximum atomic E-state index is 7.23. The highest BCUT2D eigenvalue weighted by atomic mass is 16.6. The zero-order valence-corrected chi connectivity index (χ0v) is 40.9. The van der Waals surface area contributed by atoms with E-state index in [0.29, 0.717) is 23.0 Å². The molecule has 0 amide bonds. The lowest BCUT2D eigenvalue weighted by atomic mass is 9.93. The summed E-state index contributed by atoms with van der Waals surface area (Å²) < 4.78 is 27.5. The minimum atomic E-state index is 0.602. The smallest absolute Gasteiger partial charge is 0.195 e. The zero-order chi connectivity index (χ0) is 50.1. The van der Waals surface area contributed by atoms with Crippen LogP contribution in [-0.4, -0.2) is 0 Å². The van der Waals surface area contributed by atoms with Crippen LogP contribution in [0.15, 0.2) is 276 Å². The van der Waals surface area contributed by atoms with Gasteiger partial charge in [-0.15, -0.1) is 0 Å². The predicted octanol–water partition coefficient (Wildman–Crippen LogP) is 20.5. The third kappa shape index (κ3) is 7.26. The van der Waals surface area contributed by atoms with Crippen molar-refractivity contribution in [1.82, 2.24) is 0 Å². The highest BCUT2D eigenvalue weighted by molar-refractivity contribution is 6.14. The summed E-state index contributed by atoms with van der Waals surface area (Å²) in [6.07, 6.45) is 0. The van der Waals surface area contributed by atoms with Crippen LogP contribution in [0.2, 0.25) is 0 Å². The quantitative estimate of drug-likeness (QED) is 0.144. The maximum Gasteiger partial charge on any atom is 0.195 e. The Morgan fingerprint density at radius 2 is 0.658 bits per heavy atom. The van der Waals surface area contributed by atoms with Crippen LogP contribution in [0.4, 0.5) is 34.1 Å². The Morgan fingerprint density at radius 3 is 1.24 bits per heavy atom. The van der Waals surface area contributed by atoms with Gasteiger partial charge in [0.05, 0.1) is 5.69 Å². The monoisotopic (exact) mass is 976 g/mol. The van der Waals surface area contributed by atoms with E-state index in [1.54, 1.807) is 0 Å². The summed E-state index contributed by atoms with van der Waals surface area (Å²) in [5.41, 5.74) is 15.3. The molecule has 0 aliphatic carbocycles. The Bertz CT molecular complexity index is 4540. The number of hydrogen-bond donors (Lipinski definition) is 0. The molecule has 0 bridgehead atoms. The first-order valence-corrected chi connectivity index (χ1v) is 25.5. The van der Waals surface area contributed by atoms with Gasteiger partial charge in [0, 0.05) is 67.4 Å². The van der Waals surface area contributed by atoms with Gasteiger partial charge >= 0.3 is 0 Å². The summed E-state index contributed by atoms with van der Waals surface area (Å²) in [5.74, 6) is 2.50. The highest BCUT2D eigenvalue weighted by Crippen LogP contribution is 2.60. The molecule has 0 spiro atoms. The molecule has 1 aliphatic rings. The van der Waals surface area contributed by atoms with E-state index >= 15 is 0 Å². The largest absolute Gasteiger partial charge is 0.456 e. The molecule has 358 valence electrons. The van der Waals surface area contributed by atoms with E-state index in [2.05, 4.69) is 228 Å². The van der Waals surface area contributed by atoms with Gasteiger partial charge in [-0.05, 0) is 118 Å². The molecular weight excluding hydrogens is 933 g/mol. The number of para-hydroxylation sites is 4. The minimum absolute atomic E-state index is 0.602. The third-order valence-electron chi connectivity index (χ3n) is 14.7. The highest BCUT2D eigenvalue weighted by Gasteiger charge is 2.33. The second kappa shape index (κ2) is 17.7. The lowest BCUT2D eigenvalue weighted by Gasteiger charge is -2.33. The van der Waals surface area contributed by atoms with Gasteiger partial charge < -0.3 is 28.1 Å². The van der Waals surface area contributed by atoms with E-state index in [1.807, 2.05) is 48.5 Å². The molecule has 0 N–H and O–H groups in total. The molecule has 3 heterocycles. The van der Waals surface area contributed by atoms with E-state index in [4.69, 9.17) is 18.3 Å². The van der Waals surface area contributed by atoms with Crippen LogP contribution >= 0.6 is 0 Å². The van der Waals surface area contributed by atoms with E-state index < -0.39 is 0 Å². The second-order valence-corrected chi connectivity index (χ2v) is 19.2. The van der Waals surface area contributed by atoms with Crippen molar-refractivity contribution in [2.45, 2.75) is 0 Å². The Morgan fingerprint density at radius 1 is 0.237 bits per heavy atom. The Balaban J connectivity index is 0.933. The molecule has 6 heteroatoms. The summed E-state index contributed by atoms with van der Waals surface area (Å²) >= 11 is 0. The fraction of sp³-hybridized carbons (Fsp3) is 0. The lowest BCUT2D eigenvalue weighted by molar-refractivity contribution is 0.362. The molecule has 0 radical (unpaired) electrons. The van der Waals surface area contributed by atoms with Crippen molar-refractivity contribution in [3.63, 3.8) is 0 Å². The lowest BCUT2D eigenvalue weighted by Crippen LogP contribution is -2.14. The number of benzene rings is 12. The van der Waals surface area contributed by atoms with E-state index in [0.717, 1.165) is 122 Å². The summed E-state index contributed by atoms with van der Waals surface area (Å²) in [5, 5.41) is 6.28. The minimum Gasteiger partial charge on any atom is -0.456 e. The van der Waals surface area contributed by atoms with Crippen molar-refractivity contribution in [2.75, 3.05) is 9.80 Å². The van der Waals surface area contributed by atoms with Crippen LogP contribution in [0.3, 0.4) is 0 Å².